The lowest BCUT2D eigenvalue weighted by molar-refractivity contribution is -0.885. The number of nitrogens with zero attached hydrogens (tertiary/aromatic N) is 1. The van der Waals surface area contributed by atoms with Crippen LogP contribution in [0.5, 0.6) is 5.75 Å². The van der Waals surface area contributed by atoms with Crippen LogP contribution in [0.2, 0.25) is 0 Å². The van der Waals surface area contributed by atoms with Crippen molar-refractivity contribution in [1.82, 2.24) is 5.32 Å². The Morgan fingerprint density at radius 1 is 1.48 bits per heavy atom. The van der Waals surface area contributed by atoms with Gasteiger partial charge in [0.2, 0.25) is 0 Å². The highest BCUT2D eigenvalue weighted by atomic mass is 16.5. The highest BCUT2D eigenvalue weighted by Gasteiger charge is 2.30. The topological polar surface area (TPSA) is 66.6 Å². The second kappa shape index (κ2) is 7.98. The molecule has 0 radical (unpaired) electrons. The molecular weight excluding hydrogens is 290 g/mol. The molecule has 0 heterocycles. The molecular formula is C18H28N3O2+. The van der Waals surface area contributed by atoms with Gasteiger partial charge in [0, 0.05) is 5.56 Å². The van der Waals surface area contributed by atoms with E-state index in [1.165, 1.54) is 0 Å². The molecule has 1 rings (SSSR count). The number of likely N-dealkylation sites (N-methyl/N-ethyl adjacent to an activating group) is 1. The van der Waals surface area contributed by atoms with Crippen molar-refractivity contribution < 1.29 is 14.4 Å². The highest BCUT2D eigenvalue weighted by Crippen LogP contribution is 2.18. The van der Waals surface area contributed by atoms with Gasteiger partial charge in [-0.2, -0.15) is 5.26 Å². The first-order chi connectivity index (χ1) is 10.7. The van der Waals surface area contributed by atoms with Crippen LogP contribution >= 0.6 is 0 Å². The molecule has 0 saturated heterocycles. The van der Waals surface area contributed by atoms with Crippen molar-refractivity contribution in [2.75, 3.05) is 20.7 Å². The Hall–Kier alpha value is -2.06. The van der Waals surface area contributed by atoms with E-state index in [0.29, 0.717) is 13.1 Å². The van der Waals surface area contributed by atoms with Gasteiger partial charge in [-0.3, -0.25) is 4.79 Å². The zero-order valence-corrected chi connectivity index (χ0v) is 15.0. The molecule has 0 aliphatic carbocycles. The molecule has 0 saturated carbocycles. The van der Waals surface area contributed by atoms with Gasteiger partial charge in [0.05, 0.1) is 20.2 Å². The van der Waals surface area contributed by atoms with Gasteiger partial charge in [0.1, 0.15) is 17.8 Å². The van der Waals surface area contributed by atoms with Gasteiger partial charge in [0.25, 0.3) is 5.91 Å². The maximum absolute atomic E-state index is 12.2. The van der Waals surface area contributed by atoms with Crippen LogP contribution in [0.1, 0.15) is 31.9 Å². The molecule has 126 valence electrons. The SMILES string of the molecule is COc1ccc(C)cc1C[NH+](C)CC(=O)N[C@@](C)(C#N)C(C)C. The van der Waals surface area contributed by atoms with E-state index in [2.05, 4.69) is 17.5 Å². The summed E-state index contributed by atoms with van der Waals surface area (Å²) in [5, 5.41) is 12.1. The standard InChI is InChI=1S/C18H27N3O2/c1-13(2)18(4,12-19)20-17(22)11-21(5)10-15-9-14(3)7-8-16(15)23-6/h7-9,13H,10-11H2,1-6H3,(H,20,22)/p+1/t18-/m0/s1. The Bertz CT molecular complexity index is 592. The minimum atomic E-state index is -0.835. The smallest absolute Gasteiger partial charge is 0.276 e. The zero-order valence-electron chi connectivity index (χ0n) is 15.0. The summed E-state index contributed by atoms with van der Waals surface area (Å²) in [6.45, 7) is 8.64. The maximum atomic E-state index is 12.2. The number of quaternary nitrogens is 1. The maximum Gasteiger partial charge on any atom is 0.276 e. The summed E-state index contributed by atoms with van der Waals surface area (Å²) in [7, 11) is 3.61. The molecule has 23 heavy (non-hydrogen) atoms. The molecule has 0 spiro atoms. The lowest BCUT2D eigenvalue weighted by Crippen LogP contribution is -3.09. The van der Waals surface area contributed by atoms with Crippen LogP contribution in [0.25, 0.3) is 0 Å². The predicted octanol–water partition coefficient (Wildman–Crippen LogP) is 1.07. The number of rotatable bonds is 7. The average Bonchev–Trinajstić information content (AvgIpc) is 2.46. The lowest BCUT2D eigenvalue weighted by Gasteiger charge is -2.27. The van der Waals surface area contributed by atoms with Gasteiger partial charge < -0.3 is 15.0 Å². The van der Waals surface area contributed by atoms with Crippen molar-refractivity contribution in [3.8, 4) is 11.8 Å². The third-order valence-electron chi connectivity index (χ3n) is 4.18. The van der Waals surface area contributed by atoms with Crippen LogP contribution in [0.15, 0.2) is 18.2 Å². The normalized spacial score (nSPS) is 14.7. The van der Waals surface area contributed by atoms with Gasteiger partial charge >= 0.3 is 0 Å². The van der Waals surface area contributed by atoms with Crippen molar-refractivity contribution in [2.45, 2.75) is 39.8 Å². The van der Waals surface area contributed by atoms with E-state index in [-0.39, 0.29) is 11.8 Å². The number of benzene rings is 1. The molecule has 1 amide bonds. The zero-order chi connectivity index (χ0) is 17.6. The second-order valence-corrected chi connectivity index (χ2v) is 6.64. The number of nitriles is 1. The van der Waals surface area contributed by atoms with Crippen LogP contribution in [-0.2, 0) is 11.3 Å². The van der Waals surface area contributed by atoms with Crippen molar-refractivity contribution >= 4 is 5.91 Å². The summed E-state index contributed by atoms with van der Waals surface area (Å²) in [6, 6.07) is 8.23. The predicted molar refractivity (Wildman–Crippen MR) is 90.2 cm³/mol. The number of aryl methyl sites for hydroxylation is 1. The second-order valence-electron chi connectivity index (χ2n) is 6.64. The van der Waals surface area contributed by atoms with Crippen LogP contribution in [0.4, 0.5) is 0 Å². The first-order valence-corrected chi connectivity index (χ1v) is 7.89. The van der Waals surface area contributed by atoms with Gasteiger partial charge in [-0.1, -0.05) is 25.5 Å². The van der Waals surface area contributed by atoms with E-state index in [0.717, 1.165) is 21.8 Å². The summed E-state index contributed by atoms with van der Waals surface area (Å²) in [4.78, 5) is 13.3. The van der Waals surface area contributed by atoms with Crippen molar-refractivity contribution in [3.05, 3.63) is 29.3 Å². The molecule has 5 nitrogen and oxygen atoms in total. The number of nitrogens with one attached hydrogen (secondary N) is 2. The number of carbonyl (C=O) groups excluding carboxylic acids is 1. The Kier molecular flexibility index (Phi) is 6.59. The molecule has 5 heteroatoms. The fraction of sp³-hybridized carbons (Fsp3) is 0.556. The Morgan fingerprint density at radius 3 is 2.65 bits per heavy atom. The number of ether oxygens (including phenoxy) is 1. The minimum absolute atomic E-state index is 0.0497. The number of methoxy groups -OCH3 is 1. The summed E-state index contributed by atoms with van der Waals surface area (Å²) < 4.78 is 5.38. The van der Waals surface area contributed by atoms with Gasteiger partial charge in [-0.05, 0) is 31.9 Å². The number of amides is 1. The first kappa shape index (κ1) is 19.0. The van der Waals surface area contributed by atoms with Crippen LogP contribution in [0, 0.1) is 24.2 Å². The van der Waals surface area contributed by atoms with E-state index in [1.54, 1.807) is 14.0 Å². The third kappa shape index (κ3) is 5.26. The molecule has 1 unspecified atom stereocenters. The summed E-state index contributed by atoms with van der Waals surface area (Å²) in [5.41, 5.74) is 1.40. The lowest BCUT2D eigenvalue weighted by atomic mass is 9.90. The number of hydrogen-bond donors (Lipinski definition) is 2. The molecule has 1 aromatic rings. The summed E-state index contributed by atoms with van der Waals surface area (Å²) in [6.07, 6.45) is 0. The van der Waals surface area contributed by atoms with Crippen LogP contribution in [-0.4, -0.2) is 32.1 Å². The molecule has 0 bridgehead atoms. The Morgan fingerprint density at radius 2 is 2.13 bits per heavy atom. The molecule has 2 atom stereocenters. The van der Waals surface area contributed by atoms with Gasteiger partial charge in [0.15, 0.2) is 6.54 Å². The number of carbonyl (C=O) groups is 1. The molecule has 0 aliphatic rings. The fourth-order valence-corrected chi connectivity index (χ4v) is 2.34. The molecule has 1 aromatic carbocycles. The van der Waals surface area contributed by atoms with Crippen LogP contribution in [0.3, 0.4) is 0 Å². The average molecular weight is 318 g/mol. The van der Waals surface area contributed by atoms with Gasteiger partial charge in [-0.25, -0.2) is 0 Å². The van der Waals surface area contributed by atoms with E-state index in [1.807, 2.05) is 40.0 Å². The van der Waals surface area contributed by atoms with E-state index >= 15 is 0 Å². The molecule has 0 fully saturated rings. The largest absolute Gasteiger partial charge is 0.496 e. The van der Waals surface area contributed by atoms with E-state index in [4.69, 9.17) is 4.74 Å². The van der Waals surface area contributed by atoms with E-state index < -0.39 is 5.54 Å². The third-order valence-corrected chi connectivity index (χ3v) is 4.18. The molecule has 0 aliphatic heterocycles. The van der Waals surface area contributed by atoms with Crippen LogP contribution < -0.4 is 15.0 Å². The van der Waals surface area contributed by atoms with Crippen molar-refractivity contribution in [3.63, 3.8) is 0 Å². The van der Waals surface area contributed by atoms with Crippen molar-refractivity contribution in [1.29, 1.82) is 5.26 Å². The number of hydrogen-bond acceptors (Lipinski definition) is 3. The quantitative estimate of drug-likeness (QED) is 0.790. The Labute approximate surface area is 139 Å². The van der Waals surface area contributed by atoms with E-state index in [9.17, 15) is 10.1 Å². The molecule has 0 aromatic heterocycles. The minimum Gasteiger partial charge on any atom is -0.496 e. The Balaban J connectivity index is 2.70. The monoisotopic (exact) mass is 318 g/mol. The highest BCUT2D eigenvalue weighted by molar-refractivity contribution is 5.78. The summed E-state index contributed by atoms with van der Waals surface area (Å²) >= 11 is 0. The van der Waals surface area contributed by atoms with Gasteiger partial charge in [-0.15, -0.1) is 0 Å². The fourth-order valence-electron chi connectivity index (χ4n) is 2.34. The first-order valence-electron chi connectivity index (χ1n) is 7.89. The molecule has 2 N–H and O–H groups in total. The summed E-state index contributed by atoms with van der Waals surface area (Å²) in [5.74, 6) is 0.764. The van der Waals surface area contributed by atoms with Crippen molar-refractivity contribution in [2.24, 2.45) is 5.92 Å².